The Hall–Kier alpha value is -1.75. The van der Waals surface area contributed by atoms with Crippen LogP contribution in [0.15, 0.2) is 28.4 Å². The smallest absolute Gasteiger partial charge is 0.211 e. The van der Waals surface area contributed by atoms with Crippen molar-refractivity contribution >= 4 is 23.8 Å². The summed E-state index contributed by atoms with van der Waals surface area (Å²) in [6.07, 6.45) is 1.54. The van der Waals surface area contributed by atoms with Crippen molar-refractivity contribution in [2.45, 2.75) is 5.88 Å². The number of rotatable bonds is 4. The summed E-state index contributed by atoms with van der Waals surface area (Å²) >= 11 is 5.78. The van der Waals surface area contributed by atoms with E-state index in [-0.39, 0.29) is 5.96 Å². The number of ether oxygens (including phenoxy) is 1. The van der Waals surface area contributed by atoms with Crippen molar-refractivity contribution in [2.24, 2.45) is 21.7 Å². The average Bonchev–Trinajstić information content (AvgIpc) is 2.28. The van der Waals surface area contributed by atoms with E-state index in [1.807, 2.05) is 18.2 Å². The quantitative estimate of drug-likeness (QED) is 0.357. The standard InChI is InChI=1S/C10H13ClN4O/c1-16-9-3-2-7(4-8(9)5-11)6-14-15-10(12)13/h2-4,6H,5H2,1H3,(H4,12,13,15). The minimum atomic E-state index is -0.0812. The second-order valence-electron chi connectivity index (χ2n) is 2.97. The van der Waals surface area contributed by atoms with Crippen LogP contribution in [0.4, 0.5) is 0 Å². The van der Waals surface area contributed by atoms with E-state index in [4.69, 9.17) is 27.8 Å². The van der Waals surface area contributed by atoms with Gasteiger partial charge in [0, 0.05) is 5.56 Å². The van der Waals surface area contributed by atoms with E-state index in [2.05, 4.69) is 10.2 Å². The summed E-state index contributed by atoms with van der Waals surface area (Å²) in [7, 11) is 1.60. The van der Waals surface area contributed by atoms with Gasteiger partial charge in [-0.2, -0.15) is 5.10 Å². The highest BCUT2D eigenvalue weighted by molar-refractivity contribution is 6.17. The van der Waals surface area contributed by atoms with E-state index in [1.54, 1.807) is 7.11 Å². The summed E-state index contributed by atoms with van der Waals surface area (Å²) in [5.41, 5.74) is 12.0. The Kier molecular flexibility index (Phi) is 4.60. The van der Waals surface area contributed by atoms with Gasteiger partial charge in [0.25, 0.3) is 0 Å². The highest BCUT2D eigenvalue weighted by atomic mass is 35.5. The molecule has 0 aromatic heterocycles. The van der Waals surface area contributed by atoms with Crippen LogP contribution in [0.1, 0.15) is 11.1 Å². The van der Waals surface area contributed by atoms with Crippen LogP contribution in [0.3, 0.4) is 0 Å². The summed E-state index contributed by atoms with van der Waals surface area (Å²) in [4.78, 5) is 0. The number of hydrogen-bond acceptors (Lipinski definition) is 3. The molecule has 0 aliphatic heterocycles. The van der Waals surface area contributed by atoms with Crippen LogP contribution in [0, 0.1) is 0 Å². The molecule has 0 saturated heterocycles. The molecular formula is C10H13ClN4O. The number of alkyl halides is 1. The lowest BCUT2D eigenvalue weighted by Gasteiger charge is -2.05. The minimum Gasteiger partial charge on any atom is -0.496 e. The number of nitrogens with two attached hydrogens (primary N) is 2. The fourth-order valence-corrected chi connectivity index (χ4v) is 1.35. The van der Waals surface area contributed by atoms with Crippen molar-refractivity contribution in [3.8, 4) is 5.75 Å². The maximum absolute atomic E-state index is 5.78. The molecule has 1 aromatic rings. The van der Waals surface area contributed by atoms with Gasteiger partial charge in [-0.15, -0.1) is 16.7 Å². The Morgan fingerprint density at radius 1 is 1.50 bits per heavy atom. The molecule has 0 atom stereocenters. The first kappa shape index (κ1) is 12.3. The van der Waals surface area contributed by atoms with Crippen LogP contribution in [0.5, 0.6) is 5.75 Å². The molecule has 0 radical (unpaired) electrons. The van der Waals surface area contributed by atoms with Gasteiger partial charge in [-0.1, -0.05) is 0 Å². The monoisotopic (exact) mass is 240 g/mol. The van der Waals surface area contributed by atoms with Crippen molar-refractivity contribution in [1.29, 1.82) is 0 Å². The molecule has 0 heterocycles. The third-order valence-electron chi connectivity index (χ3n) is 1.83. The molecule has 86 valence electrons. The Morgan fingerprint density at radius 3 is 2.81 bits per heavy atom. The molecule has 1 aromatic carbocycles. The van der Waals surface area contributed by atoms with Gasteiger partial charge in [0.05, 0.1) is 19.2 Å². The minimum absolute atomic E-state index is 0.0812. The molecule has 0 bridgehead atoms. The van der Waals surface area contributed by atoms with Gasteiger partial charge in [-0.25, -0.2) is 0 Å². The van der Waals surface area contributed by atoms with Crippen molar-refractivity contribution in [3.05, 3.63) is 29.3 Å². The van der Waals surface area contributed by atoms with E-state index in [1.165, 1.54) is 6.21 Å². The molecule has 0 unspecified atom stereocenters. The summed E-state index contributed by atoms with van der Waals surface area (Å²) in [5.74, 6) is 1.03. The number of methoxy groups -OCH3 is 1. The zero-order chi connectivity index (χ0) is 12.0. The lowest BCUT2D eigenvalue weighted by Crippen LogP contribution is -2.21. The summed E-state index contributed by atoms with van der Waals surface area (Å²) in [6, 6.07) is 5.51. The first-order valence-electron chi connectivity index (χ1n) is 4.52. The molecule has 0 fully saturated rings. The second kappa shape index (κ2) is 5.97. The van der Waals surface area contributed by atoms with Gasteiger partial charge < -0.3 is 16.2 Å². The van der Waals surface area contributed by atoms with Gasteiger partial charge in [0.2, 0.25) is 5.96 Å². The third kappa shape index (κ3) is 3.43. The van der Waals surface area contributed by atoms with E-state index < -0.39 is 0 Å². The second-order valence-corrected chi connectivity index (χ2v) is 3.24. The van der Waals surface area contributed by atoms with Crippen molar-refractivity contribution < 1.29 is 4.74 Å². The SMILES string of the molecule is COc1ccc(C=NN=C(N)N)cc1CCl. The molecule has 16 heavy (non-hydrogen) atoms. The molecule has 6 heteroatoms. The molecule has 0 spiro atoms. The number of guanidine groups is 1. The van der Waals surface area contributed by atoms with Crippen LogP contribution >= 0.6 is 11.6 Å². The summed E-state index contributed by atoms with van der Waals surface area (Å²) < 4.78 is 5.14. The van der Waals surface area contributed by atoms with Crippen LogP contribution in [0.2, 0.25) is 0 Å². The van der Waals surface area contributed by atoms with Gasteiger partial charge in [0.15, 0.2) is 0 Å². The third-order valence-corrected chi connectivity index (χ3v) is 2.12. The van der Waals surface area contributed by atoms with Crippen molar-refractivity contribution in [3.63, 3.8) is 0 Å². The molecule has 4 N–H and O–H groups in total. The van der Waals surface area contributed by atoms with Crippen LogP contribution < -0.4 is 16.2 Å². The van der Waals surface area contributed by atoms with Gasteiger partial charge in [-0.05, 0) is 23.8 Å². The average molecular weight is 241 g/mol. The summed E-state index contributed by atoms with van der Waals surface area (Å²) in [5, 5.41) is 7.20. The number of benzene rings is 1. The fourth-order valence-electron chi connectivity index (χ4n) is 1.15. The van der Waals surface area contributed by atoms with Gasteiger partial charge in [-0.3, -0.25) is 0 Å². The van der Waals surface area contributed by atoms with E-state index >= 15 is 0 Å². The van der Waals surface area contributed by atoms with Crippen LogP contribution in [0.25, 0.3) is 0 Å². The Balaban J connectivity index is 2.91. The predicted octanol–water partition coefficient (Wildman–Crippen LogP) is 1.04. The largest absolute Gasteiger partial charge is 0.496 e. The Labute approximate surface area is 98.7 Å². The van der Waals surface area contributed by atoms with E-state index in [0.29, 0.717) is 5.88 Å². The fraction of sp³-hybridized carbons (Fsp3) is 0.200. The van der Waals surface area contributed by atoms with E-state index in [0.717, 1.165) is 16.9 Å². The Morgan fingerprint density at radius 2 is 2.25 bits per heavy atom. The number of hydrogen-bond donors (Lipinski definition) is 2. The maximum Gasteiger partial charge on any atom is 0.211 e. The molecular weight excluding hydrogens is 228 g/mol. The summed E-state index contributed by atoms with van der Waals surface area (Å²) in [6.45, 7) is 0. The van der Waals surface area contributed by atoms with Crippen LogP contribution in [-0.4, -0.2) is 19.3 Å². The first-order chi connectivity index (χ1) is 7.67. The molecule has 0 amide bonds. The molecule has 0 saturated carbocycles. The van der Waals surface area contributed by atoms with Gasteiger partial charge in [0.1, 0.15) is 5.75 Å². The van der Waals surface area contributed by atoms with Crippen LogP contribution in [-0.2, 0) is 5.88 Å². The lowest BCUT2D eigenvalue weighted by atomic mass is 10.1. The molecule has 0 aliphatic carbocycles. The number of nitrogens with zero attached hydrogens (tertiary/aromatic N) is 2. The zero-order valence-corrected chi connectivity index (χ0v) is 9.61. The molecule has 0 aliphatic rings. The first-order valence-corrected chi connectivity index (χ1v) is 5.05. The van der Waals surface area contributed by atoms with Crippen molar-refractivity contribution in [2.75, 3.05) is 7.11 Å². The normalized spacial score (nSPS) is 10.4. The van der Waals surface area contributed by atoms with Gasteiger partial charge >= 0.3 is 0 Å². The lowest BCUT2D eigenvalue weighted by molar-refractivity contribution is 0.411. The number of halogens is 1. The zero-order valence-electron chi connectivity index (χ0n) is 8.85. The predicted molar refractivity (Wildman–Crippen MR) is 66.0 cm³/mol. The highest BCUT2D eigenvalue weighted by Gasteiger charge is 2.01. The molecule has 1 rings (SSSR count). The highest BCUT2D eigenvalue weighted by Crippen LogP contribution is 2.20. The van der Waals surface area contributed by atoms with E-state index in [9.17, 15) is 0 Å². The maximum atomic E-state index is 5.78. The topological polar surface area (TPSA) is 86.0 Å². The van der Waals surface area contributed by atoms with Crippen molar-refractivity contribution in [1.82, 2.24) is 0 Å². The Bertz CT molecular complexity index is 413. The molecule has 5 nitrogen and oxygen atoms in total.